The van der Waals surface area contributed by atoms with Gasteiger partial charge in [-0.3, -0.25) is 14.5 Å². The van der Waals surface area contributed by atoms with Gasteiger partial charge in [0.05, 0.1) is 11.8 Å². The van der Waals surface area contributed by atoms with Crippen LogP contribution in [0.4, 0.5) is 0 Å². The Kier molecular flexibility index (Phi) is 2.08. The Balaban J connectivity index is 1.98. The highest BCUT2D eigenvalue weighted by Gasteiger charge is 2.61. The number of hydrogen-bond donors (Lipinski definition) is 0. The van der Waals surface area contributed by atoms with Crippen LogP contribution in [0, 0.1) is 23.7 Å². The van der Waals surface area contributed by atoms with E-state index in [-0.39, 0.29) is 29.2 Å². The lowest BCUT2D eigenvalue weighted by molar-refractivity contribution is -0.147. The lowest BCUT2D eigenvalue weighted by Gasteiger charge is -2.34. The molecule has 2 aliphatic carbocycles. The average molecular weight is 233 g/mol. The summed E-state index contributed by atoms with van der Waals surface area (Å²) in [4.78, 5) is 26.5. The van der Waals surface area contributed by atoms with Crippen molar-refractivity contribution in [1.82, 2.24) is 4.90 Å². The van der Waals surface area contributed by atoms with Gasteiger partial charge in [0, 0.05) is 5.54 Å². The van der Waals surface area contributed by atoms with Crippen LogP contribution in [0.1, 0.15) is 33.6 Å². The molecule has 3 nitrogen and oxygen atoms in total. The number of rotatable bonds is 2. The summed E-state index contributed by atoms with van der Waals surface area (Å²) in [6.45, 7) is 6.00. The van der Waals surface area contributed by atoms with Crippen LogP contribution in [0.25, 0.3) is 0 Å². The molecule has 0 radical (unpaired) electrons. The first-order valence-electron chi connectivity index (χ1n) is 6.53. The van der Waals surface area contributed by atoms with Gasteiger partial charge >= 0.3 is 0 Å². The van der Waals surface area contributed by atoms with Gasteiger partial charge in [-0.1, -0.05) is 19.1 Å². The third kappa shape index (κ3) is 1.23. The number of likely N-dealkylation sites (tertiary alicyclic amines) is 1. The molecule has 1 saturated heterocycles. The van der Waals surface area contributed by atoms with Crippen molar-refractivity contribution in [2.45, 2.75) is 39.2 Å². The zero-order valence-electron chi connectivity index (χ0n) is 10.6. The number of amides is 2. The van der Waals surface area contributed by atoms with Crippen LogP contribution < -0.4 is 0 Å². The Labute approximate surface area is 102 Å². The number of carbonyl (C=O) groups is 2. The SMILES string of the molecule is CCC(C)(C)N1C(=O)[C@@H]2[C@@H](C1=O)[C@H]1C=C[C@H]2C1. The third-order valence-corrected chi connectivity index (χ3v) is 4.94. The molecule has 3 aliphatic rings. The topological polar surface area (TPSA) is 37.4 Å². The third-order valence-electron chi connectivity index (χ3n) is 4.94. The van der Waals surface area contributed by atoms with Gasteiger partial charge in [-0.2, -0.15) is 0 Å². The van der Waals surface area contributed by atoms with Crippen molar-refractivity contribution in [2.75, 3.05) is 0 Å². The first-order chi connectivity index (χ1) is 7.97. The van der Waals surface area contributed by atoms with Gasteiger partial charge in [-0.05, 0) is 38.5 Å². The van der Waals surface area contributed by atoms with Gasteiger partial charge < -0.3 is 0 Å². The molecule has 2 fully saturated rings. The Morgan fingerprint density at radius 1 is 1.18 bits per heavy atom. The minimum Gasteiger partial charge on any atom is -0.276 e. The minimum atomic E-state index is -0.335. The van der Waals surface area contributed by atoms with E-state index in [2.05, 4.69) is 12.2 Å². The quantitative estimate of drug-likeness (QED) is 0.540. The maximum Gasteiger partial charge on any atom is 0.234 e. The highest BCUT2D eigenvalue weighted by Crippen LogP contribution is 2.53. The number of fused-ring (bicyclic) bond motifs is 5. The van der Waals surface area contributed by atoms with E-state index in [4.69, 9.17) is 0 Å². The molecule has 0 aromatic heterocycles. The van der Waals surface area contributed by atoms with E-state index in [0.717, 1.165) is 12.8 Å². The van der Waals surface area contributed by atoms with Crippen LogP contribution in [0.15, 0.2) is 12.2 Å². The fraction of sp³-hybridized carbons (Fsp3) is 0.714. The lowest BCUT2D eigenvalue weighted by Crippen LogP contribution is -2.48. The molecular weight excluding hydrogens is 214 g/mol. The Hall–Kier alpha value is -1.12. The van der Waals surface area contributed by atoms with E-state index in [1.165, 1.54) is 0 Å². The van der Waals surface area contributed by atoms with Crippen molar-refractivity contribution in [3.63, 3.8) is 0 Å². The molecule has 1 aliphatic heterocycles. The van der Waals surface area contributed by atoms with Crippen LogP contribution >= 0.6 is 0 Å². The average Bonchev–Trinajstić information content (AvgIpc) is 2.92. The van der Waals surface area contributed by atoms with Crippen LogP contribution in [-0.4, -0.2) is 22.3 Å². The summed E-state index contributed by atoms with van der Waals surface area (Å²) in [7, 11) is 0. The molecule has 92 valence electrons. The van der Waals surface area contributed by atoms with Crippen molar-refractivity contribution in [2.24, 2.45) is 23.7 Å². The Morgan fingerprint density at radius 3 is 2.06 bits per heavy atom. The standard InChI is InChI=1S/C14H19NO2/c1-4-14(2,3)15-12(16)10-8-5-6-9(7-8)11(10)13(15)17/h5-6,8-11H,4,7H2,1-3H3/t8-,9-,10-,11-/m0/s1. The lowest BCUT2D eigenvalue weighted by atomic mass is 9.85. The molecule has 1 saturated carbocycles. The predicted molar refractivity (Wildman–Crippen MR) is 63.9 cm³/mol. The molecule has 4 atom stereocenters. The molecule has 0 unspecified atom stereocenters. The summed E-state index contributed by atoms with van der Waals surface area (Å²) >= 11 is 0. The van der Waals surface area contributed by atoms with E-state index in [1.807, 2.05) is 20.8 Å². The van der Waals surface area contributed by atoms with Crippen LogP contribution in [-0.2, 0) is 9.59 Å². The van der Waals surface area contributed by atoms with Crippen molar-refractivity contribution >= 4 is 11.8 Å². The molecule has 1 heterocycles. The molecular formula is C14H19NO2. The van der Waals surface area contributed by atoms with Gasteiger partial charge in [0.1, 0.15) is 0 Å². The molecule has 3 heteroatoms. The smallest absolute Gasteiger partial charge is 0.234 e. The number of hydrogen-bond acceptors (Lipinski definition) is 2. The maximum atomic E-state index is 12.5. The molecule has 2 amide bonds. The second-order valence-electron chi connectivity index (χ2n) is 6.18. The van der Waals surface area contributed by atoms with Crippen LogP contribution in [0.3, 0.4) is 0 Å². The normalized spacial score (nSPS) is 39.4. The summed E-state index contributed by atoms with van der Waals surface area (Å²) in [6.07, 6.45) is 6.10. The Morgan fingerprint density at radius 2 is 1.65 bits per heavy atom. The fourth-order valence-corrected chi connectivity index (χ4v) is 3.66. The van der Waals surface area contributed by atoms with Gasteiger partial charge in [0.15, 0.2) is 0 Å². The second kappa shape index (κ2) is 3.21. The maximum absolute atomic E-state index is 12.5. The van der Waals surface area contributed by atoms with E-state index >= 15 is 0 Å². The molecule has 0 aromatic rings. The summed E-state index contributed by atoms with van der Waals surface area (Å²) in [5.41, 5.74) is -0.335. The van der Waals surface area contributed by atoms with Gasteiger partial charge in [0.25, 0.3) is 0 Å². The highest BCUT2D eigenvalue weighted by molar-refractivity contribution is 6.07. The predicted octanol–water partition coefficient (Wildman–Crippen LogP) is 1.98. The summed E-state index contributed by atoms with van der Waals surface area (Å²) < 4.78 is 0. The van der Waals surface area contributed by atoms with Crippen molar-refractivity contribution < 1.29 is 9.59 Å². The van der Waals surface area contributed by atoms with Crippen molar-refractivity contribution in [1.29, 1.82) is 0 Å². The monoisotopic (exact) mass is 233 g/mol. The number of allylic oxidation sites excluding steroid dienone is 2. The summed E-state index contributed by atoms with van der Waals surface area (Å²) in [5, 5.41) is 0. The zero-order chi connectivity index (χ0) is 12.4. The summed E-state index contributed by atoms with van der Waals surface area (Å²) in [5.74, 6) is 0.678. The zero-order valence-corrected chi connectivity index (χ0v) is 10.6. The second-order valence-corrected chi connectivity index (χ2v) is 6.18. The van der Waals surface area contributed by atoms with Gasteiger partial charge in [-0.15, -0.1) is 0 Å². The highest BCUT2D eigenvalue weighted by atomic mass is 16.2. The van der Waals surface area contributed by atoms with Crippen molar-refractivity contribution in [3.05, 3.63) is 12.2 Å². The van der Waals surface area contributed by atoms with E-state index in [9.17, 15) is 9.59 Å². The van der Waals surface area contributed by atoms with Gasteiger partial charge in [0.2, 0.25) is 11.8 Å². The van der Waals surface area contributed by atoms with Crippen LogP contribution in [0.5, 0.6) is 0 Å². The van der Waals surface area contributed by atoms with E-state index < -0.39 is 0 Å². The molecule has 3 rings (SSSR count). The molecule has 2 bridgehead atoms. The summed E-state index contributed by atoms with van der Waals surface area (Å²) in [6, 6.07) is 0. The first kappa shape index (κ1) is 11.0. The first-order valence-corrected chi connectivity index (χ1v) is 6.53. The number of carbonyl (C=O) groups excluding carboxylic acids is 2. The molecule has 17 heavy (non-hydrogen) atoms. The fourth-order valence-electron chi connectivity index (χ4n) is 3.66. The molecule has 0 N–H and O–H groups in total. The minimum absolute atomic E-state index is 0.0525. The largest absolute Gasteiger partial charge is 0.276 e. The van der Waals surface area contributed by atoms with Crippen LogP contribution in [0.2, 0.25) is 0 Å². The number of nitrogens with zero attached hydrogens (tertiary/aromatic N) is 1. The van der Waals surface area contributed by atoms with Crippen molar-refractivity contribution in [3.8, 4) is 0 Å². The number of imide groups is 1. The Bertz CT molecular complexity index is 394. The van der Waals surface area contributed by atoms with Gasteiger partial charge in [-0.25, -0.2) is 0 Å². The molecule has 0 spiro atoms. The molecule has 0 aromatic carbocycles. The van der Waals surface area contributed by atoms with E-state index in [1.54, 1.807) is 4.90 Å². The van der Waals surface area contributed by atoms with E-state index in [0.29, 0.717) is 11.8 Å².